The molecule has 14 aromatic rings. The minimum atomic E-state index is -4.71. The molecule has 0 fully saturated rings. The highest BCUT2D eigenvalue weighted by Gasteiger charge is 2.42. The number of rotatable bonds is 29. The number of para-hydroxylation sites is 3. The number of fused-ring (bicyclic) bond motifs is 2. The molecule has 22 heteroatoms. The van der Waals surface area contributed by atoms with Crippen LogP contribution in [0, 0.1) is 36.3 Å². The first-order valence-electron chi connectivity index (χ1n) is 35.0. The molecule has 14 rings (SSSR count). The van der Waals surface area contributed by atoms with E-state index in [4.69, 9.17) is 48.8 Å². The van der Waals surface area contributed by atoms with Crippen molar-refractivity contribution in [3.63, 3.8) is 0 Å². The molecule has 0 spiro atoms. The fourth-order valence-electron chi connectivity index (χ4n) is 12.9. The molecular weight excluding hydrogens is 1400 g/mol. The Morgan fingerprint density at radius 3 is 1.17 bits per heavy atom. The lowest BCUT2D eigenvalue weighted by molar-refractivity contribution is -0.814. The van der Waals surface area contributed by atoms with Crippen molar-refractivity contribution in [3.05, 3.63) is 319 Å². The predicted molar refractivity (Wildman–Crippen MR) is 402 cm³/mol. The third-order valence-electron chi connectivity index (χ3n) is 18.5. The van der Waals surface area contributed by atoms with Crippen LogP contribution in [-0.2, 0) is 25.4 Å². The van der Waals surface area contributed by atoms with E-state index in [0.29, 0.717) is 55.8 Å². The first-order valence-corrected chi connectivity index (χ1v) is 35.0. The number of benzene rings is 12. The van der Waals surface area contributed by atoms with E-state index in [1.54, 1.807) is 24.3 Å². The molecule has 0 saturated carbocycles. The number of aromatic nitrogens is 6. The van der Waals surface area contributed by atoms with Gasteiger partial charge in [-0.25, -0.2) is 8.78 Å². The molecule has 0 aliphatic carbocycles. The second-order valence-corrected chi connectivity index (χ2v) is 26.9. The molecule has 0 radical (unpaired) electrons. The first kappa shape index (κ1) is 73.2. The number of hydrogen-bond acceptors (Lipinski definition) is 11. The molecule has 2 heterocycles. The molecule has 0 N–H and O–H groups in total. The Morgan fingerprint density at radius 1 is 0.376 bits per heavy atom. The van der Waals surface area contributed by atoms with Crippen molar-refractivity contribution in [1.29, 1.82) is 0 Å². The first-order chi connectivity index (χ1) is 52.7. The van der Waals surface area contributed by atoms with Gasteiger partial charge in [0, 0.05) is 69.8 Å². The number of hydrogen-bond donors (Lipinski definition) is 0. The number of halogens is 8. The van der Waals surface area contributed by atoms with Crippen molar-refractivity contribution in [3.8, 4) is 56.8 Å². The van der Waals surface area contributed by atoms with E-state index in [2.05, 4.69) is 4.90 Å². The second kappa shape index (κ2) is 31.8. The number of ether oxygens (including phenoxy) is 6. The van der Waals surface area contributed by atoms with Crippen LogP contribution in [0.4, 0.5) is 63.6 Å². The Hall–Kier alpha value is -12.7. The monoisotopic (exact) mass is 1480 g/mol. The van der Waals surface area contributed by atoms with Gasteiger partial charge in [-0.2, -0.15) is 56.3 Å². The highest BCUT2D eigenvalue weighted by molar-refractivity contribution is 6.16. The molecule has 552 valence electrons. The average Bonchev–Trinajstić information content (AvgIpc) is 1.58. The van der Waals surface area contributed by atoms with Crippen molar-refractivity contribution in [2.75, 3.05) is 56.5 Å². The van der Waals surface area contributed by atoms with Crippen LogP contribution in [0.2, 0.25) is 0 Å². The average molecular weight is 1480 g/mol. The summed E-state index contributed by atoms with van der Waals surface area (Å²) in [4.78, 5) is 7.08. The molecule has 109 heavy (non-hydrogen) atoms. The van der Waals surface area contributed by atoms with Gasteiger partial charge < -0.3 is 38.2 Å². The molecule has 2 atom stereocenters. The zero-order valence-corrected chi connectivity index (χ0v) is 59.3. The normalized spacial score (nSPS) is 12.8. The van der Waals surface area contributed by atoms with E-state index >= 15 is 8.78 Å². The molecule has 0 saturated heterocycles. The van der Waals surface area contributed by atoms with Crippen molar-refractivity contribution in [2.45, 2.75) is 39.3 Å². The largest absolute Gasteiger partial charge is 0.493 e. The summed E-state index contributed by atoms with van der Waals surface area (Å²) in [6.07, 6.45) is -9.42. The van der Waals surface area contributed by atoms with Crippen LogP contribution in [0.25, 0.3) is 44.3 Å². The predicted octanol–water partition coefficient (Wildman–Crippen LogP) is 20.2. The molecule has 0 amide bonds. The lowest BCUT2D eigenvalue weighted by Crippen LogP contribution is -2.55. The summed E-state index contributed by atoms with van der Waals surface area (Å²) in [6, 6.07) is 80.0. The van der Waals surface area contributed by atoms with Crippen LogP contribution in [0.15, 0.2) is 285 Å². The SMILES string of the molecule is Cc1cccc(OCC(COc2cccc(F)c2)(COc2cccc(C(F)(F)F)c2)Cn2nc3c(-c4ccc(N(c5ccccc5)c5ccccc5)cc4)c4n[n+](CC(COc5cccc(C)c5)(COc5cccc(F)c5)COc5cccc(C(F)(F)F)c5)[n-]c4c(-c4ccc(N(C)c5ccccc5)cc4)c3n2)c1. The van der Waals surface area contributed by atoms with Gasteiger partial charge in [0.15, 0.2) is 6.54 Å². The maximum Gasteiger partial charge on any atom is 0.416 e. The third-order valence-corrected chi connectivity index (χ3v) is 18.5. The number of aryl methyl sites for hydroxylation is 2. The third kappa shape index (κ3) is 17.6. The molecular formula is C87H72F8N8O6. The summed E-state index contributed by atoms with van der Waals surface area (Å²) in [5.74, 6) is -0.177. The van der Waals surface area contributed by atoms with Gasteiger partial charge in [-0.15, -0.1) is 0 Å². The summed E-state index contributed by atoms with van der Waals surface area (Å²) in [5.41, 5.74) is 4.63. The zero-order chi connectivity index (χ0) is 75.7. The zero-order valence-electron chi connectivity index (χ0n) is 59.3. The van der Waals surface area contributed by atoms with Gasteiger partial charge in [-0.3, -0.25) is 0 Å². The Bertz CT molecular complexity index is 5070. The van der Waals surface area contributed by atoms with Gasteiger partial charge >= 0.3 is 12.4 Å². The van der Waals surface area contributed by atoms with Crippen LogP contribution in [0.3, 0.4) is 0 Å². The Morgan fingerprint density at radius 2 is 0.734 bits per heavy atom. The molecule has 2 aromatic heterocycles. The van der Waals surface area contributed by atoms with Crippen LogP contribution < -0.4 is 48.1 Å². The van der Waals surface area contributed by atoms with Gasteiger partial charge in [0.1, 0.15) is 102 Å². The van der Waals surface area contributed by atoms with Crippen LogP contribution >= 0.6 is 0 Å². The summed E-state index contributed by atoms with van der Waals surface area (Å²) in [6.45, 7) is 1.63. The van der Waals surface area contributed by atoms with E-state index in [1.165, 1.54) is 70.3 Å². The van der Waals surface area contributed by atoms with E-state index in [1.807, 2.05) is 202 Å². The lowest BCUT2D eigenvalue weighted by atomic mass is 9.91. The van der Waals surface area contributed by atoms with Crippen molar-refractivity contribution >= 4 is 50.5 Å². The number of nitrogens with zero attached hydrogens (tertiary/aromatic N) is 8. The van der Waals surface area contributed by atoms with E-state index < -0.39 is 45.9 Å². The highest BCUT2D eigenvalue weighted by Crippen LogP contribution is 2.44. The maximum atomic E-state index is 15.1. The minimum absolute atomic E-state index is 0.107. The topological polar surface area (TPSA) is 123 Å². The highest BCUT2D eigenvalue weighted by atomic mass is 19.4. The van der Waals surface area contributed by atoms with Gasteiger partial charge in [0.05, 0.1) is 23.1 Å². The van der Waals surface area contributed by atoms with Crippen molar-refractivity contribution in [2.24, 2.45) is 10.8 Å². The van der Waals surface area contributed by atoms with Crippen LogP contribution in [0.1, 0.15) is 22.3 Å². The molecule has 12 aromatic carbocycles. The fraction of sp³-hybridized carbons (Fsp3) is 0.172. The molecule has 0 bridgehead atoms. The molecule has 2 unspecified atom stereocenters. The maximum absolute atomic E-state index is 15.1. The molecule has 0 aliphatic rings. The Kier molecular flexibility index (Phi) is 21.3. The summed E-state index contributed by atoms with van der Waals surface area (Å²) in [5, 5.41) is 21.8. The summed E-state index contributed by atoms with van der Waals surface area (Å²) in [7, 11) is 1.95. The van der Waals surface area contributed by atoms with Gasteiger partial charge in [-0.1, -0.05) is 127 Å². The quantitative estimate of drug-likeness (QED) is 0.0327. The Labute approximate surface area is 623 Å². The van der Waals surface area contributed by atoms with Crippen molar-refractivity contribution < 1.29 is 68.3 Å². The van der Waals surface area contributed by atoms with E-state index in [9.17, 15) is 26.3 Å². The van der Waals surface area contributed by atoms with Crippen LogP contribution in [-0.4, -0.2) is 66.8 Å². The standard InChI is InChI=1S/C87H72F8N8O6/c1-59-19-13-31-72(45-59)104-53-84(57-108-76-35-17-23-65(88)49-76,55-106-74-33-15-21-63(47-74)86(90,91)92)51-101-96-80-78(61-37-41-68(42-38-61)100(3)67-25-7-4-8-26-67)81-83(79(82(80)98-101)62-39-43-71(44-40-62)103(69-27-9-5-10-28-69)70-29-11-6-12-30-70)99-102(97-81)52-85(54-105-73-32-14-20-60(2)46-73,58-109-77-36-18-24-66(89)50-77)56-107-75-34-16-22-64(48-75)87(93,94)95/h4-50H,51-58H2,1-3H3. The minimum Gasteiger partial charge on any atom is -0.493 e. The molecule has 14 nitrogen and oxygen atoms in total. The van der Waals surface area contributed by atoms with E-state index in [-0.39, 0.29) is 75.7 Å². The Balaban J connectivity index is 0.994. The number of alkyl halides is 6. The van der Waals surface area contributed by atoms with Gasteiger partial charge in [-0.05, 0) is 182 Å². The smallest absolute Gasteiger partial charge is 0.416 e. The second-order valence-electron chi connectivity index (χ2n) is 26.9. The van der Waals surface area contributed by atoms with Gasteiger partial charge in [0.2, 0.25) is 0 Å². The fourth-order valence-corrected chi connectivity index (χ4v) is 12.9. The molecule has 0 aliphatic heterocycles. The number of anilines is 5. The van der Waals surface area contributed by atoms with Crippen molar-refractivity contribution in [1.82, 2.24) is 25.2 Å². The van der Waals surface area contributed by atoms with Gasteiger partial charge in [0.25, 0.3) is 0 Å². The lowest BCUT2D eigenvalue weighted by Gasteiger charge is -2.33. The van der Waals surface area contributed by atoms with E-state index in [0.717, 1.165) is 63.8 Å². The summed E-state index contributed by atoms with van der Waals surface area (Å²) < 4.78 is 156. The summed E-state index contributed by atoms with van der Waals surface area (Å²) >= 11 is 0. The van der Waals surface area contributed by atoms with Crippen LogP contribution in [0.5, 0.6) is 34.5 Å².